The molecule has 2 aliphatic rings. The number of piperidine rings is 1. The van der Waals surface area contributed by atoms with Crippen LogP contribution in [0.15, 0.2) is 65.5 Å². The predicted molar refractivity (Wildman–Crippen MR) is 113 cm³/mol. The maximum Gasteiger partial charge on any atom is 0.250 e. The smallest absolute Gasteiger partial charge is 0.250 e. The molecule has 0 amide bonds. The van der Waals surface area contributed by atoms with E-state index >= 15 is 0 Å². The number of likely N-dealkylation sites (tertiary alicyclic amines) is 1. The van der Waals surface area contributed by atoms with Crippen LogP contribution in [0.5, 0.6) is 0 Å². The number of fused-ring (bicyclic) bond motifs is 5. The van der Waals surface area contributed by atoms with Crippen LogP contribution in [0.1, 0.15) is 18.0 Å². The van der Waals surface area contributed by atoms with Gasteiger partial charge in [0.25, 0.3) is 5.56 Å². The maximum absolute atomic E-state index is 12.2. The van der Waals surface area contributed by atoms with E-state index in [2.05, 4.69) is 58.7 Å². The van der Waals surface area contributed by atoms with E-state index in [1.54, 1.807) is 6.07 Å². The standard InChI is InChI=1S/C22H21N3OS/c26-21-10-4-9-20-17-11-15(13-25(20)21)12-24(14-17)22(27)23-19-8-3-6-16-5-1-2-7-18(16)19/h1-10,15,17H,11-14H2,(H,23,27)/t15-,17?/m0/s1. The summed E-state index contributed by atoms with van der Waals surface area (Å²) in [7, 11) is 0. The summed E-state index contributed by atoms with van der Waals surface area (Å²) in [6, 6.07) is 20.2. The van der Waals surface area contributed by atoms with E-state index in [1.807, 2.05) is 10.6 Å². The summed E-state index contributed by atoms with van der Waals surface area (Å²) in [5, 5.41) is 6.62. The minimum Gasteiger partial charge on any atom is -0.348 e. The van der Waals surface area contributed by atoms with Crippen LogP contribution in [-0.2, 0) is 6.54 Å². The van der Waals surface area contributed by atoms with E-state index < -0.39 is 0 Å². The van der Waals surface area contributed by atoms with Gasteiger partial charge in [-0.1, -0.05) is 42.5 Å². The lowest BCUT2D eigenvalue weighted by Crippen LogP contribution is -2.50. The quantitative estimate of drug-likeness (QED) is 0.656. The molecule has 5 heteroatoms. The topological polar surface area (TPSA) is 37.3 Å². The highest BCUT2D eigenvalue weighted by Crippen LogP contribution is 2.35. The average molecular weight is 375 g/mol. The van der Waals surface area contributed by atoms with Crippen LogP contribution < -0.4 is 10.9 Å². The van der Waals surface area contributed by atoms with Crippen LogP contribution in [0.25, 0.3) is 10.8 Å². The lowest BCUT2D eigenvalue weighted by molar-refractivity contribution is 0.180. The van der Waals surface area contributed by atoms with Crippen molar-refractivity contribution in [3.05, 3.63) is 76.7 Å². The Bertz CT molecular complexity index is 1080. The van der Waals surface area contributed by atoms with Crippen molar-refractivity contribution in [2.45, 2.75) is 18.9 Å². The molecule has 2 aliphatic heterocycles. The summed E-state index contributed by atoms with van der Waals surface area (Å²) in [4.78, 5) is 14.5. The Morgan fingerprint density at radius 3 is 2.70 bits per heavy atom. The van der Waals surface area contributed by atoms with Gasteiger partial charge in [-0.15, -0.1) is 0 Å². The first-order valence-electron chi connectivity index (χ1n) is 9.42. The van der Waals surface area contributed by atoms with Crippen LogP contribution in [0.3, 0.4) is 0 Å². The molecular weight excluding hydrogens is 354 g/mol. The summed E-state index contributed by atoms with van der Waals surface area (Å²) in [6.45, 7) is 2.54. The van der Waals surface area contributed by atoms with Crippen molar-refractivity contribution in [2.24, 2.45) is 5.92 Å². The summed E-state index contributed by atoms with van der Waals surface area (Å²) < 4.78 is 1.96. The third-order valence-electron chi connectivity index (χ3n) is 5.80. The Hall–Kier alpha value is -2.66. The number of anilines is 1. The molecule has 3 aromatic rings. The van der Waals surface area contributed by atoms with Gasteiger partial charge >= 0.3 is 0 Å². The van der Waals surface area contributed by atoms with Crippen LogP contribution in [0.2, 0.25) is 0 Å². The van der Waals surface area contributed by atoms with E-state index in [-0.39, 0.29) is 5.56 Å². The molecule has 1 N–H and O–H groups in total. The second-order valence-electron chi connectivity index (χ2n) is 7.56. The lowest BCUT2D eigenvalue weighted by Gasteiger charge is -2.43. The predicted octanol–water partition coefficient (Wildman–Crippen LogP) is 3.82. The fourth-order valence-electron chi connectivity index (χ4n) is 4.59. The Morgan fingerprint density at radius 1 is 0.963 bits per heavy atom. The molecule has 0 radical (unpaired) electrons. The molecule has 0 aliphatic carbocycles. The first kappa shape index (κ1) is 16.5. The van der Waals surface area contributed by atoms with Gasteiger partial charge in [-0.05, 0) is 42.1 Å². The van der Waals surface area contributed by atoms with Crippen molar-refractivity contribution < 1.29 is 0 Å². The van der Waals surface area contributed by atoms with Crippen molar-refractivity contribution in [1.29, 1.82) is 0 Å². The minimum absolute atomic E-state index is 0.118. The normalized spacial score (nSPS) is 21.0. The number of hydrogen-bond donors (Lipinski definition) is 1. The van der Waals surface area contributed by atoms with Gasteiger partial charge in [-0.2, -0.15) is 0 Å². The summed E-state index contributed by atoms with van der Waals surface area (Å²) in [6.07, 6.45) is 1.14. The first-order valence-corrected chi connectivity index (χ1v) is 9.83. The number of aromatic nitrogens is 1. The molecule has 4 nitrogen and oxygen atoms in total. The molecule has 0 spiro atoms. The molecule has 1 saturated heterocycles. The van der Waals surface area contributed by atoms with Crippen LogP contribution in [-0.4, -0.2) is 27.7 Å². The Labute approximate surface area is 163 Å². The molecule has 0 saturated carbocycles. The van der Waals surface area contributed by atoms with Gasteiger partial charge in [-0.3, -0.25) is 4.79 Å². The number of thiocarbonyl (C=S) groups is 1. The second kappa shape index (κ2) is 6.50. The highest BCUT2D eigenvalue weighted by molar-refractivity contribution is 7.80. The number of benzene rings is 2. The lowest BCUT2D eigenvalue weighted by atomic mass is 9.83. The third-order valence-corrected chi connectivity index (χ3v) is 6.16. The zero-order valence-corrected chi connectivity index (χ0v) is 15.8. The van der Waals surface area contributed by atoms with Crippen molar-refractivity contribution in [3.63, 3.8) is 0 Å². The number of nitrogens with zero attached hydrogens (tertiary/aromatic N) is 2. The molecule has 136 valence electrons. The molecular formula is C22H21N3OS. The number of nitrogens with one attached hydrogen (secondary N) is 1. The summed E-state index contributed by atoms with van der Waals surface area (Å²) in [5.74, 6) is 0.822. The van der Waals surface area contributed by atoms with Crippen LogP contribution in [0, 0.1) is 5.92 Å². The zero-order valence-electron chi connectivity index (χ0n) is 15.0. The molecule has 2 bridgehead atoms. The van der Waals surface area contributed by atoms with E-state index in [9.17, 15) is 4.79 Å². The van der Waals surface area contributed by atoms with Crippen molar-refractivity contribution in [3.8, 4) is 0 Å². The fraction of sp³-hybridized carbons (Fsp3) is 0.273. The monoisotopic (exact) mass is 375 g/mol. The van der Waals surface area contributed by atoms with E-state index in [1.165, 1.54) is 10.8 Å². The van der Waals surface area contributed by atoms with Gasteiger partial charge in [0.05, 0.1) is 0 Å². The van der Waals surface area contributed by atoms with Gasteiger partial charge < -0.3 is 14.8 Å². The van der Waals surface area contributed by atoms with Gasteiger partial charge in [0.2, 0.25) is 0 Å². The first-order chi connectivity index (χ1) is 13.2. The van der Waals surface area contributed by atoms with E-state index in [4.69, 9.17) is 12.2 Å². The average Bonchev–Trinajstić information content (AvgIpc) is 2.69. The van der Waals surface area contributed by atoms with Gasteiger partial charge in [0, 0.05) is 48.4 Å². The van der Waals surface area contributed by atoms with E-state index in [0.29, 0.717) is 11.8 Å². The molecule has 2 atom stereocenters. The molecule has 1 unspecified atom stereocenters. The molecule has 27 heavy (non-hydrogen) atoms. The largest absolute Gasteiger partial charge is 0.348 e. The summed E-state index contributed by atoms with van der Waals surface area (Å²) in [5.41, 5.74) is 2.31. The molecule has 1 aromatic heterocycles. The van der Waals surface area contributed by atoms with Gasteiger partial charge in [-0.25, -0.2) is 0 Å². The zero-order chi connectivity index (χ0) is 18.4. The number of hydrogen-bond acceptors (Lipinski definition) is 2. The Kier molecular flexibility index (Phi) is 3.97. The SMILES string of the molecule is O=c1cccc2n1C[C@H]1CC2CN(C(=S)Nc2cccc3ccccc23)C1. The second-order valence-corrected chi connectivity index (χ2v) is 7.95. The molecule has 3 heterocycles. The van der Waals surface area contributed by atoms with Crippen molar-refractivity contribution >= 4 is 33.8 Å². The number of rotatable bonds is 1. The van der Waals surface area contributed by atoms with Crippen LogP contribution >= 0.6 is 12.2 Å². The Morgan fingerprint density at radius 2 is 1.78 bits per heavy atom. The molecule has 5 rings (SSSR count). The van der Waals surface area contributed by atoms with Gasteiger partial charge in [0.15, 0.2) is 5.11 Å². The minimum atomic E-state index is 0.118. The fourth-order valence-corrected chi connectivity index (χ4v) is 4.85. The highest BCUT2D eigenvalue weighted by atomic mass is 32.1. The highest BCUT2D eigenvalue weighted by Gasteiger charge is 2.35. The molecule has 1 fully saturated rings. The van der Waals surface area contributed by atoms with Crippen LogP contribution in [0.4, 0.5) is 5.69 Å². The van der Waals surface area contributed by atoms with E-state index in [0.717, 1.165) is 42.5 Å². The van der Waals surface area contributed by atoms with Gasteiger partial charge in [0.1, 0.15) is 0 Å². The maximum atomic E-state index is 12.2. The van der Waals surface area contributed by atoms with Crippen molar-refractivity contribution in [1.82, 2.24) is 9.47 Å². The molecule has 2 aromatic carbocycles. The van der Waals surface area contributed by atoms with Crippen molar-refractivity contribution in [2.75, 3.05) is 18.4 Å². The number of pyridine rings is 1. The summed E-state index contributed by atoms with van der Waals surface area (Å²) >= 11 is 5.77. The third kappa shape index (κ3) is 2.92. The Balaban J connectivity index is 1.40.